The maximum Gasteiger partial charge on any atom is 0.341 e. The fourth-order valence-corrected chi connectivity index (χ4v) is 13.2. The van der Waals surface area contributed by atoms with Gasteiger partial charge in [0.25, 0.3) is 23.6 Å². The summed E-state index contributed by atoms with van der Waals surface area (Å²) in [5, 5.41) is 28.3. The van der Waals surface area contributed by atoms with Crippen molar-refractivity contribution in [2.24, 2.45) is 0 Å². The summed E-state index contributed by atoms with van der Waals surface area (Å²) in [5.41, 5.74) is 3.48. The lowest BCUT2D eigenvalue weighted by atomic mass is 10.1. The molecule has 0 unspecified atom stereocenters. The van der Waals surface area contributed by atoms with Crippen LogP contribution in [0.2, 0.25) is 0 Å². The number of allylic oxidation sites excluding steroid dienone is 1. The molecular weight excluding hydrogens is 1370 g/mol. The third kappa shape index (κ3) is 21.5. The van der Waals surface area contributed by atoms with Gasteiger partial charge in [-0.2, -0.15) is 0 Å². The van der Waals surface area contributed by atoms with Gasteiger partial charge in [0.05, 0.1) is 74.2 Å². The minimum absolute atomic E-state index is 0.000338. The number of nitrogens with zero attached hydrogens (tertiary/aromatic N) is 4. The molecule has 4 aliphatic heterocycles. The number of phenols is 2. The summed E-state index contributed by atoms with van der Waals surface area (Å²) in [7, 11) is 5.89. The molecule has 0 spiro atoms. The van der Waals surface area contributed by atoms with Crippen LogP contribution < -0.4 is 28.4 Å². The molecule has 4 amide bonds. The number of aromatic hydroxyl groups is 2. The Morgan fingerprint density at radius 2 is 0.787 bits per heavy atom. The average molecular weight is 1430 g/mol. The number of ketones is 4. The van der Waals surface area contributed by atoms with Crippen LogP contribution in [0.1, 0.15) is 55.5 Å². The Labute approximate surface area is 580 Å². The Morgan fingerprint density at radius 3 is 1.12 bits per heavy atom. The Morgan fingerprint density at radius 1 is 0.457 bits per heavy atom. The molecule has 22 nitrogen and oxygen atoms in total. The molecule has 4 aromatic rings. The molecule has 8 rings (SSSR count). The van der Waals surface area contributed by atoms with Gasteiger partial charge in [-0.05, 0) is 129 Å². The number of carbonyl (C=O) groups excluding carboxylic acids is 8. The first-order chi connectivity index (χ1) is 44.6. The molecule has 4 fully saturated rings. The van der Waals surface area contributed by atoms with E-state index in [4.69, 9.17) is 82.4 Å². The molecule has 0 aromatic heterocycles. The lowest BCUT2D eigenvalue weighted by molar-refractivity contribution is -0.139. The number of amides is 4. The summed E-state index contributed by atoms with van der Waals surface area (Å²) in [6.45, 7) is 12.7. The van der Waals surface area contributed by atoms with Crippen molar-refractivity contribution < 1.29 is 86.9 Å². The van der Waals surface area contributed by atoms with Crippen molar-refractivity contribution in [2.45, 2.75) is 34.1 Å². The number of methoxy groups -OCH3 is 4. The van der Waals surface area contributed by atoms with E-state index in [1.807, 2.05) is 6.07 Å². The predicted octanol–water partition coefficient (Wildman–Crippen LogP) is 10.1. The second kappa shape index (κ2) is 36.2. The molecule has 0 aliphatic carbocycles. The average Bonchev–Trinajstić information content (AvgIpc) is 1.64. The molecular formula is C64H62N4O18S8. The number of benzene rings is 4. The number of thioether (sulfide) groups is 4. The van der Waals surface area contributed by atoms with E-state index in [9.17, 15) is 53.4 Å². The fourth-order valence-electron chi connectivity index (χ4n) is 8.14. The van der Waals surface area contributed by atoms with Gasteiger partial charge in [-0.1, -0.05) is 133 Å². The van der Waals surface area contributed by atoms with Crippen LogP contribution in [0.15, 0.2) is 112 Å². The summed E-state index contributed by atoms with van der Waals surface area (Å²) in [4.78, 5) is 112. The fraction of sp³-hybridized carbons (Fsp3) is 0.234. The van der Waals surface area contributed by atoms with Gasteiger partial charge in [0.15, 0.2) is 52.6 Å². The number of rotatable bonds is 24. The Hall–Kier alpha value is -8.49. The van der Waals surface area contributed by atoms with Crippen molar-refractivity contribution in [1.82, 2.24) is 19.6 Å². The van der Waals surface area contributed by atoms with E-state index in [2.05, 4.69) is 13.2 Å². The zero-order valence-corrected chi connectivity index (χ0v) is 58.2. The molecule has 4 saturated heterocycles. The second-order valence-corrected chi connectivity index (χ2v) is 26.3. The zero-order valence-electron chi connectivity index (χ0n) is 51.7. The molecule has 0 atom stereocenters. The number of carboxylic acids is 1. The molecule has 30 heteroatoms. The maximum atomic E-state index is 12.4. The normalized spacial score (nSPS) is 16.0. The number of hydrogen-bond donors (Lipinski definition) is 3. The summed E-state index contributed by atoms with van der Waals surface area (Å²) >= 11 is 25.2. The monoisotopic (exact) mass is 1430 g/mol. The van der Waals surface area contributed by atoms with Crippen LogP contribution in [0.4, 0.5) is 0 Å². The van der Waals surface area contributed by atoms with E-state index in [0.29, 0.717) is 101 Å². The highest BCUT2D eigenvalue weighted by Crippen LogP contribution is 2.40. The van der Waals surface area contributed by atoms with Crippen molar-refractivity contribution in [3.05, 3.63) is 139 Å². The first-order valence-corrected chi connectivity index (χ1v) is 32.3. The standard InChI is InChI=1S/2C17H17NO4S2.C16H15NO6S2.C14H13NO4S2/c1-4-7-22-13-6-5-12(8-14(13)21-3)9-15-16(20)18(10-11(2)19)17(23)24-15;1-4-5-12-6-11(7-13(22-3)15(12)20)8-14-16(21)18(9-10(2)19)17(23)24-14;1-9(18)7-17-15(21)13(25-16(17)24)6-10-3-4-11(12(5-10)22-2)23-8-14(19)20;1-8(16)7-15-13(18)12(21-14(15)20)6-9-3-4-10(17)11(5-9)19-2/h4-6,8-9H,1,7,10H2,2-3H3;4,6-8,20H,1,5,9H2,2-3H3;3-6H,7-8H2,1-2H3,(H,19,20);3-6,17H,7H2,1-2H3/b15-9-;14-8+;13-6-;12-6-. The van der Waals surface area contributed by atoms with Crippen molar-refractivity contribution in [3.8, 4) is 46.0 Å². The van der Waals surface area contributed by atoms with E-state index in [1.54, 1.807) is 98.2 Å². The van der Waals surface area contributed by atoms with Gasteiger partial charge in [-0.25, -0.2) is 4.79 Å². The van der Waals surface area contributed by atoms with Gasteiger partial charge < -0.3 is 43.7 Å². The van der Waals surface area contributed by atoms with Crippen LogP contribution in [-0.2, 0) is 49.6 Å². The molecule has 494 valence electrons. The number of carbonyl (C=O) groups is 9. The van der Waals surface area contributed by atoms with E-state index >= 15 is 0 Å². The Kier molecular flexibility index (Phi) is 29.4. The summed E-state index contributed by atoms with van der Waals surface area (Å²) in [6.07, 6.45) is 10.5. The molecule has 4 heterocycles. The smallest absolute Gasteiger partial charge is 0.341 e. The van der Waals surface area contributed by atoms with E-state index < -0.39 is 12.6 Å². The van der Waals surface area contributed by atoms with Crippen molar-refractivity contribution in [2.75, 3.05) is 67.8 Å². The van der Waals surface area contributed by atoms with Gasteiger partial charge in [0.1, 0.15) is 47.0 Å². The molecule has 4 aliphatic rings. The highest BCUT2D eigenvalue weighted by atomic mass is 32.2. The van der Waals surface area contributed by atoms with Crippen LogP contribution >= 0.6 is 95.9 Å². The van der Waals surface area contributed by atoms with Gasteiger partial charge in [-0.15, -0.1) is 6.58 Å². The summed E-state index contributed by atoms with van der Waals surface area (Å²) in [5.74, 6) is -0.279. The van der Waals surface area contributed by atoms with Crippen molar-refractivity contribution in [3.63, 3.8) is 0 Å². The minimum Gasteiger partial charge on any atom is -0.504 e. The van der Waals surface area contributed by atoms with Crippen LogP contribution in [0, 0.1) is 0 Å². The molecule has 0 bridgehead atoms. The quantitative estimate of drug-likeness (QED) is 0.0334. The maximum absolute atomic E-state index is 12.4. The van der Waals surface area contributed by atoms with Gasteiger partial charge in [0, 0.05) is 5.56 Å². The molecule has 94 heavy (non-hydrogen) atoms. The van der Waals surface area contributed by atoms with Crippen LogP contribution in [-0.4, -0.2) is 173 Å². The minimum atomic E-state index is -1.10. The van der Waals surface area contributed by atoms with Crippen LogP contribution in [0.5, 0.6) is 46.0 Å². The third-order valence-electron chi connectivity index (χ3n) is 12.3. The van der Waals surface area contributed by atoms with Crippen molar-refractivity contribution >= 4 is 190 Å². The van der Waals surface area contributed by atoms with E-state index in [0.717, 1.165) is 40.8 Å². The predicted molar refractivity (Wildman–Crippen MR) is 380 cm³/mol. The topological polar surface area (TPSA) is 283 Å². The number of ether oxygens (including phenoxy) is 6. The summed E-state index contributed by atoms with van der Waals surface area (Å²) < 4.78 is 32.8. The highest BCUT2D eigenvalue weighted by molar-refractivity contribution is 8.28. The van der Waals surface area contributed by atoms with Crippen LogP contribution in [0.3, 0.4) is 0 Å². The van der Waals surface area contributed by atoms with Gasteiger partial charge >= 0.3 is 5.97 Å². The number of phenolic OH excluding ortho intramolecular Hbond substituents is 2. The molecule has 3 N–H and O–H groups in total. The number of thiocarbonyl (C=S) groups is 4. The van der Waals surface area contributed by atoms with E-state index in [1.165, 1.54) is 86.5 Å². The molecule has 0 saturated carbocycles. The SMILES string of the molecule is C=CCOc1ccc(/C=C2\SC(=S)N(CC(C)=O)C2=O)cc1OC.C=CCc1cc(/C=C2/SC(=S)N(CC(C)=O)C2=O)cc(OC)c1O.COc1cc(/C=C2\SC(=S)N(CC(C)=O)C2=O)ccc1O.COc1cc(/C=C2\SC(=S)N(CC(C)=O)C2=O)ccc1OCC(=O)O. The lowest BCUT2D eigenvalue weighted by Gasteiger charge is -2.11. The van der Waals surface area contributed by atoms with Crippen molar-refractivity contribution in [1.29, 1.82) is 0 Å². The lowest BCUT2D eigenvalue weighted by Crippen LogP contribution is -2.32. The number of Topliss-reactive ketones (excluding diaryl/α,β-unsaturated/α-hetero) is 4. The first-order valence-electron chi connectivity index (χ1n) is 27.4. The van der Waals surface area contributed by atoms with Crippen LogP contribution in [0.25, 0.3) is 24.3 Å². The molecule has 4 aromatic carbocycles. The van der Waals surface area contributed by atoms with Gasteiger partial charge in [0.2, 0.25) is 0 Å². The Balaban J connectivity index is 0.000000227. The second-order valence-electron chi connectivity index (χ2n) is 19.6. The molecule has 0 radical (unpaired) electrons. The van der Waals surface area contributed by atoms with E-state index in [-0.39, 0.29) is 90.2 Å². The summed E-state index contributed by atoms with van der Waals surface area (Å²) in [6, 6.07) is 18.4. The number of carboxylic acid groups (broad SMARTS) is 1. The largest absolute Gasteiger partial charge is 0.504 e. The number of hydrogen-bond acceptors (Lipinski definition) is 25. The highest BCUT2D eigenvalue weighted by Gasteiger charge is 2.36. The third-order valence-corrected chi connectivity index (χ3v) is 17.8. The first kappa shape index (κ1) is 76.2. The Bertz CT molecular complexity index is 3900. The number of aliphatic carboxylic acids is 1. The van der Waals surface area contributed by atoms with Gasteiger partial charge in [-0.3, -0.25) is 58.0 Å². The zero-order chi connectivity index (χ0) is 69.7.